The van der Waals surface area contributed by atoms with E-state index in [9.17, 15) is 14.4 Å². The number of carbonyl (C=O) groups is 3. The van der Waals surface area contributed by atoms with Crippen LogP contribution < -0.4 is 26.4 Å². The first-order valence-corrected chi connectivity index (χ1v) is 12.5. The molecule has 2 aromatic heterocycles. The Labute approximate surface area is 210 Å². The van der Waals surface area contributed by atoms with Gasteiger partial charge in [-0.3, -0.25) is 19.3 Å². The standard InChI is InChI=1S/C23H25N5O5S2/c1-32-14-8-6-13(7-9-14)28(23(31)20-17(24)18(21(25)29)27-35-20)19(16-5-3-11-34-16)22(30)26-12-15-4-2-10-33-15/h3,5-9,11,15,19H,2,4,10,12,24H2,1H3,(H2,25,29)(H,26,30)/t15-,19-/m1/s1. The highest BCUT2D eigenvalue weighted by atomic mass is 32.1. The molecule has 0 aliphatic carbocycles. The predicted octanol–water partition coefficient (Wildman–Crippen LogP) is 2.58. The summed E-state index contributed by atoms with van der Waals surface area (Å²) in [6, 6.07) is 9.33. The summed E-state index contributed by atoms with van der Waals surface area (Å²) < 4.78 is 14.8. The summed E-state index contributed by atoms with van der Waals surface area (Å²) in [7, 11) is 1.54. The highest BCUT2D eigenvalue weighted by molar-refractivity contribution is 7.10. The molecule has 4 rings (SSSR count). The first kappa shape index (κ1) is 24.6. The molecule has 2 atom stereocenters. The molecule has 35 heavy (non-hydrogen) atoms. The van der Waals surface area contributed by atoms with Gasteiger partial charge in [0.15, 0.2) is 11.7 Å². The lowest BCUT2D eigenvalue weighted by Gasteiger charge is -2.30. The van der Waals surface area contributed by atoms with Gasteiger partial charge < -0.3 is 26.3 Å². The Kier molecular flexibility index (Phi) is 7.63. The fourth-order valence-corrected chi connectivity index (χ4v) is 5.36. The van der Waals surface area contributed by atoms with Gasteiger partial charge in [0.25, 0.3) is 11.8 Å². The lowest BCUT2D eigenvalue weighted by molar-refractivity contribution is -0.122. The first-order valence-electron chi connectivity index (χ1n) is 10.9. The number of ether oxygens (including phenoxy) is 2. The SMILES string of the molecule is COc1ccc(N(C(=O)c2snc(C(N)=O)c2N)[C@@H](C(=O)NC[C@H]2CCCO2)c2cccs2)cc1. The third kappa shape index (κ3) is 5.29. The zero-order valence-electron chi connectivity index (χ0n) is 18.9. The minimum absolute atomic E-state index is 0.0168. The van der Waals surface area contributed by atoms with Gasteiger partial charge in [-0.25, -0.2) is 0 Å². The topological polar surface area (TPSA) is 150 Å². The van der Waals surface area contributed by atoms with Crippen LogP contribution in [0.2, 0.25) is 0 Å². The van der Waals surface area contributed by atoms with Gasteiger partial charge in [0.1, 0.15) is 10.6 Å². The van der Waals surface area contributed by atoms with Crippen LogP contribution in [0.4, 0.5) is 11.4 Å². The van der Waals surface area contributed by atoms with E-state index in [1.54, 1.807) is 30.3 Å². The van der Waals surface area contributed by atoms with Crippen LogP contribution in [0.5, 0.6) is 5.75 Å². The molecule has 0 bridgehead atoms. The molecule has 1 aliphatic heterocycles. The molecule has 3 amide bonds. The highest BCUT2D eigenvalue weighted by Crippen LogP contribution is 2.35. The van der Waals surface area contributed by atoms with Crippen molar-refractivity contribution >= 4 is 52.0 Å². The number of hydrogen-bond donors (Lipinski definition) is 3. The van der Waals surface area contributed by atoms with E-state index in [0.717, 1.165) is 24.4 Å². The molecule has 5 N–H and O–H groups in total. The summed E-state index contributed by atoms with van der Waals surface area (Å²) in [6.07, 6.45) is 1.74. The van der Waals surface area contributed by atoms with Crippen molar-refractivity contribution in [1.82, 2.24) is 9.69 Å². The van der Waals surface area contributed by atoms with Crippen LogP contribution in [-0.2, 0) is 9.53 Å². The number of primary amides is 1. The minimum Gasteiger partial charge on any atom is -0.497 e. The number of hydrogen-bond acceptors (Lipinski definition) is 9. The van der Waals surface area contributed by atoms with E-state index >= 15 is 0 Å². The average Bonchev–Trinajstić information content (AvgIpc) is 3.63. The molecule has 1 saturated heterocycles. The van der Waals surface area contributed by atoms with Crippen LogP contribution in [-0.4, -0.2) is 48.5 Å². The van der Waals surface area contributed by atoms with Gasteiger partial charge in [0.05, 0.1) is 18.9 Å². The fourth-order valence-electron chi connectivity index (χ4n) is 3.80. The van der Waals surface area contributed by atoms with Gasteiger partial charge in [0.2, 0.25) is 5.91 Å². The summed E-state index contributed by atoms with van der Waals surface area (Å²) in [6.45, 7) is 0.998. The van der Waals surface area contributed by atoms with Crippen molar-refractivity contribution < 1.29 is 23.9 Å². The number of methoxy groups -OCH3 is 1. The zero-order chi connectivity index (χ0) is 24.9. The van der Waals surface area contributed by atoms with Crippen LogP contribution in [0.3, 0.4) is 0 Å². The molecular formula is C23H25N5O5S2. The molecular weight excluding hydrogens is 490 g/mol. The molecule has 10 nitrogen and oxygen atoms in total. The van der Waals surface area contributed by atoms with Crippen molar-refractivity contribution in [2.45, 2.75) is 25.0 Å². The lowest BCUT2D eigenvalue weighted by Crippen LogP contribution is -2.45. The van der Waals surface area contributed by atoms with Crippen molar-refractivity contribution in [2.24, 2.45) is 5.73 Å². The van der Waals surface area contributed by atoms with Crippen molar-refractivity contribution in [3.8, 4) is 5.75 Å². The van der Waals surface area contributed by atoms with Gasteiger partial charge in [-0.1, -0.05) is 6.07 Å². The average molecular weight is 516 g/mol. The largest absolute Gasteiger partial charge is 0.497 e. The lowest BCUT2D eigenvalue weighted by atomic mass is 10.1. The highest BCUT2D eigenvalue weighted by Gasteiger charge is 2.37. The number of thiophene rings is 1. The maximum absolute atomic E-state index is 13.9. The van der Waals surface area contributed by atoms with Crippen molar-refractivity contribution in [2.75, 3.05) is 30.9 Å². The third-order valence-corrected chi connectivity index (χ3v) is 7.35. The summed E-state index contributed by atoms with van der Waals surface area (Å²) in [4.78, 5) is 41.2. The van der Waals surface area contributed by atoms with Crippen LogP contribution in [0.25, 0.3) is 0 Å². The maximum Gasteiger partial charge on any atom is 0.273 e. The third-order valence-electron chi connectivity index (χ3n) is 5.57. The van der Waals surface area contributed by atoms with Gasteiger partial charge >= 0.3 is 0 Å². The van der Waals surface area contributed by atoms with E-state index in [2.05, 4.69) is 9.69 Å². The van der Waals surface area contributed by atoms with Crippen molar-refractivity contribution in [1.29, 1.82) is 0 Å². The summed E-state index contributed by atoms with van der Waals surface area (Å²) in [5.41, 5.74) is 11.6. The van der Waals surface area contributed by atoms with Gasteiger partial charge in [-0.15, -0.1) is 11.3 Å². The molecule has 0 radical (unpaired) electrons. The van der Waals surface area contributed by atoms with Gasteiger partial charge in [-0.05, 0) is 60.1 Å². The quantitative estimate of drug-likeness (QED) is 0.396. The summed E-state index contributed by atoms with van der Waals surface area (Å²) in [5, 5.41) is 4.77. The molecule has 1 aliphatic rings. The van der Waals surface area contributed by atoms with E-state index in [1.165, 1.54) is 23.3 Å². The number of amides is 3. The van der Waals surface area contributed by atoms with Crippen LogP contribution in [0.15, 0.2) is 41.8 Å². The van der Waals surface area contributed by atoms with Crippen molar-refractivity contribution in [3.63, 3.8) is 0 Å². The summed E-state index contributed by atoms with van der Waals surface area (Å²) in [5.74, 6) is -1.20. The maximum atomic E-state index is 13.9. The van der Waals surface area contributed by atoms with Crippen molar-refractivity contribution in [3.05, 3.63) is 57.2 Å². The van der Waals surface area contributed by atoms with E-state index < -0.39 is 17.9 Å². The Bertz CT molecular complexity index is 1190. The molecule has 3 aromatic rings. The number of carbonyl (C=O) groups excluding carboxylic acids is 3. The second-order valence-electron chi connectivity index (χ2n) is 7.81. The molecule has 0 spiro atoms. The van der Waals surface area contributed by atoms with Crippen LogP contribution in [0, 0.1) is 0 Å². The monoisotopic (exact) mass is 515 g/mol. The first-order chi connectivity index (χ1) is 16.9. The van der Waals surface area contributed by atoms with Crippen LogP contribution >= 0.6 is 22.9 Å². The number of nitrogens with two attached hydrogens (primary N) is 2. The molecule has 0 unspecified atom stereocenters. The van der Waals surface area contributed by atoms with E-state index in [-0.39, 0.29) is 28.3 Å². The number of benzene rings is 1. The number of nitrogens with one attached hydrogen (secondary N) is 1. The molecule has 3 heterocycles. The Morgan fingerprint density at radius 1 is 1.29 bits per heavy atom. The Morgan fingerprint density at radius 3 is 2.63 bits per heavy atom. The Hall–Kier alpha value is -3.48. The molecule has 0 saturated carbocycles. The zero-order valence-corrected chi connectivity index (χ0v) is 20.6. The van der Waals surface area contributed by atoms with E-state index in [4.69, 9.17) is 20.9 Å². The second kappa shape index (κ2) is 10.8. The summed E-state index contributed by atoms with van der Waals surface area (Å²) >= 11 is 2.11. The smallest absolute Gasteiger partial charge is 0.273 e. The van der Waals surface area contributed by atoms with Gasteiger partial charge in [0, 0.05) is 23.7 Å². The molecule has 184 valence electrons. The van der Waals surface area contributed by atoms with E-state index in [0.29, 0.717) is 29.5 Å². The number of nitrogens with zero attached hydrogens (tertiary/aromatic N) is 2. The second-order valence-corrected chi connectivity index (χ2v) is 9.56. The predicted molar refractivity (Wildman–Crippen MR) is 134 cm³/mol. The number of rotatable bonds is 9. The number of nitrogen functional groups attached to an aromatic ring is 1. The Morgan fingerprint density at radius 2 is 2.06 bits per heavy atom. The molecule has 1 fully saturated rings. The van der Waals surface area contributed by atoms with Gasteiger partial charge in [-0.2, -0.15) is 4.37 Å². The van der Waals surface area contributed by atoms with Crippen LogP contribution in [0.1, 0.15) is 43.9 Å². The normalized spacial score (nSPS) is 16.0. The Balaban J connectivity index is 1.76. The number of anilines is 2. The fraction of sp³-hybridized carbons (Fsp3) is 0.304. The molecule has 1 aromatic carbocycles. The number of aromatic nitrogens is 1. The minimum atomic E-state index is -1.00. The van der Waals surface area contributed by atoms with E-state index in [1.807, 2.05) is 11.4 Å². The molecule has 12 heteroatoms.